The number of para-hydroxylation sites is 1. The Kier molecular flexibility index (Phi) is 4.33. The van der Waals surface area contributed by atoms with E-state index in [4.69, 9.17) is 5.73 Å². The minimum absolute atomic E-state index is 0.144. The number of aromatic hydroxyl groups is 1. The lowest BCUT2D eigenvalue weighted by Gasteiger charge is -2.34. The maximum Gasteiger partial charge on any atom is 0.272 e. The van der Waals surface area contributed by atoms with Crippen molar-refractivity contribution in [1.82, 2.24) is 14.8 Å². The van der Waals surface area contributed by atoms with Gasteiger partial charge in [0.05, 0.1) is 11.3 Å². The number of anilines is 1. The third-order valence-electron chi connectivity index (χ3n) is 4.04. The maximum atomic E-state index is 12.5. The Morgan fingerprint density at radius 1 is 0.958 bits per heavy atom. The number of piperazine rings is 1. The van der Waals surface area contributed by atoms with Crippen molar-refractivity contribution in [1.29, 1.82) is 0 Å². The van der Waals surface area contributed by atoms with Crippen molar-refractivity contribution in [3.8, 4) is 5.75 Å². The van der Waals surface area contributed by atoms with Crippen molar-refractivity contribution in [2.75, 3.05) is 31.9 Å². The third kappa shape index (κ3) is 3.01. The molecule has 0 radical (unpaired) electrons. The molecule has 0 saturated carbocycles. The van der Waals surface area contributed by atoms with Crippen LogP contribution in [0.2, 0.25) is 0 Å². The van der Waals surface area contributed by atoms with E-state index in [0.717, 1.165) is 0 Å². The third-order valence-corrected chi connectivity index (χ3v) is 4.04. The predicted molar refractivity (Wildman–Crippen MR) is 88.6 cm³/mol. The van der Waals surface area contributed by atoms with E-state index in [0.29, 0.717) is 31.9 Å². The summed E-state index contributed by atoms with van der Waals surface area (Å²) in [5.41, 5.74) is 6.38. The Balaban J connectivity index is 1.66. The van der Waals surface area contributed by atoms with Crippen LogP contribution in [0, 0.1) is 0 Å². The number of aromatic nitrogens is 1. The summed E-state index contributed by atoms with van der Waals surface area (Å²) in [6.45, 7) is 1.63. The molecule has 1 saturated heterocycles. The second-order valence-electron chi connectivity index (χ2n) is 5.54. The SMILES string of the molecule is Nc1cccc(C(=O)N2CCN(C(=O)c3ccccn3)CC2)c1O. The Morgan fingerprint density at radius 2 is 1.62 bits per heavy atom. The topological polar surface area (TPSA) is 99.8 Å². The number of amides is 2. The lowest BCUT2D eigenvalue weighted by molar-refractivity contribution is 0.0530. The van der Waals surface area contributed by atoms with Gasteiger partial charge in [-0.25, -0.2) is 0 Å². The number of nitrogen functional groups attached to an aromatic ring is 1. The number of nitrogens with zero attached hydrogens (tertiary/aromatic N) is 3. The molecule has 7 heteroatoms. The molecule has 24 heavy (non-hydrogen) atoms. The first kappa shape index (κ1) is 15.8. The van der Waals surface area contributed by atoms with Gasteiger partial charge in [-0.15, -0.1) is 0 Å². The average molecular weight is 326 g/mol. The molecule has 2 aromatic rings. The fraction of sp³-hybridized carbons (Fsp3) is 0.235. The van der Waals surface area contributed by atoms with Gasteiger partial charge in [0.15, 0.2) is 5.75 Å². The Hall–Kier alpha value is -3.09. The molecule has 2 heterocycles. The summed E-state index contributed by atoms with van der Waals surface area (Å²) >= 11 is 0. The summed E-state index contributed by atoms with van der Waals surface area (Å²) in [4.78, 5) is 32.2. The number of carbonyl (C=O) groups excluding carboxylic acids is 2. The minimum atomic E-state index is -0.287. The summed E-state index contributed by atoms with van der Waals surface area (Å²) in [7, 11) is 0. The molecule has 7 nitrogen and oxygen atoms in total. The van der Waals surface area contributed by atoms with Crippen LogP contribution in [0.5, 0.6) is 5.75 Å². The molecule has 0 unspecified atom stereocenters. The highest BCUT2D eigenvalue weighted by Crippen LogP contribution is 2.26. The van der Waals surface area contributed by atoms with E-state index in [-0.39, 0.29) is 28.8 Å². The fourth-order valence-corrected chi connectivity index (χ4v) is 2.67. The molecule has 1 aromatic heterocycles. The molecule has 0 aliphatic carbocycles. The van der Waals surface area contributed by atoms with Gasteiger partial charge in [0.2, 0.25) is 0 Å². The average Bonchev–Trinajstić information content (AvgIpc) is 2.64. The Bertz CT molecular complexity index is 756. The van der Waals surface area contributed by atoms with Crippen molar-refractivity contribution in [3.63, 3.8) is 0 Å². The quantitative estimate of drug-likeness (QED) is 0.633. The van der Waals surface area contributed by atoms with Crippen LogP contribution in [0.1, 0.15) is 20.8 Å². The van der Waals surface area contributed by atoms with E-state index in [1.165, 1.54) is 6.07 Å². The van der Waals surface area contributed by atoms with Crippen molar-refractivity contribution >= 4 is 17.5 Å². The number of rotatable bonds is 2. The first-order valence-corrected chi connectivity index (χ1v) is 7.65. The highest BCUT2D eigenvalue weighted by Gasteiger charge is 2.27. The highest BCUT2D eigenvalue weighted by molar-refractivity contribution is 5.98. The van der Waals surface area contributed by atoms with Gasteiger partial charge in [-0.3, -0.25) is 14.6 Å². The smallest absolute Gasteiger partial charge is 0.272 e. The zero-order valence-corrected chi connectivity index (χ0v) is 13.1. The van der Waals surface area contributed by atoms with Gasteiger partial charge in [-0.05, 0) is 24.3 Å². The summed E-state index contributed by atoms with van der Waals surface area (Å²) in [6.07, 6.45) is 1.58. The lowest BCUT2D eigenvalue weighted by atomic mass is 10.1. The van der Waals surface area contributed by atoms with Gasteiger partial charge in [-0.2, -0.15) is 0 Å². The summed E-state index contributed by atoms with van der Waals surface area (Å²) < 4.78 is 0. The molecular formula is C17H18N4O3. The van der Waals surface area contributed by atoms with Crippen LogP contribution in [-0.2, 0) is 0 Å². The van der Waals surface area contributed by atoms with Gasteiger partial charge in [0.25, 0.3) is 11.8 Å². The molecule has 0 atom stereocenters. The van der Waals surface area contributed by atoms with Gasteiger partial charge in [0, 0.05) is 32.4 Å². The van der Waals surface area contributed by atoms with Crippen LogP contribution >= 0.6 is 0 Å². The molecule has 1 aliphatic heterocycles. The number of benzene rings is 1. The monoisotopic (exact) mass is 326 g/mol. The molecule has 3 N–H and O–H groups in total. The van der Waals surface area contributed by atoms with Crippen LogP contribution < -0.4 is 5.73 Å². The van der Waals surface area contributed by atoms with Crippen molar-refractivity contribution in [2.24, 2.45) is 0 Å². The van der Waals surface area contributed by atoms with Crippen LogP contribution in [0.4, 0.5) is 5.69 Å². The molecule has 1 aliphatic rings. The van der Waals surface area contributed by atoms with E-state index < -0.39 is 0 Å². The largest absolute Gasteiger partial charge is 0.505 e. The van der Waals surface area contributed by atoms with E-state index >= 15 is 0 Å². The van der Waals surface area contributed by atoms with Crippen LogP contribution in [-0.4, -0.2) is 57.9 Å². The van der Waals surface area contributed by atoms with E-state index in [1.807, 2.05) is 0 Å². The lowest BCUT2D eigenvalue weighted by Crippen LogP contribution is -2.50. The predicted octanol–water partition coefficient (Wildman–Crippen LogP) is 0.968. The normalized spacial score (nSPS) is 14.5. The summed E-state index contributed by atoms with van der Waals surface area (Å²) in [6, 6.07) is 9.90. The maximum absolute atomic E-state index is 12.5. The highest BCUT2D eigenvalue weighted by atomic mass is 16.3. The molecule has 1 aromatic carbocycles. The van der Waals surface area contributed by atoms with Crippen LogP contribution in [0.25, 0.3) is 0 Å². The Morgan fingerprint density at radius 3 is 2.25 bits per heavy atom. The second kappa shape index (κ2) is 6.57. The zero-order chi connectivity index (χ0) is 17.1. The number of hydrogen-bond donors (Lipinski definition) is 2. The molecule has 1 fully saturated rings. The van der Waals surface area contributed by atoms with Crippen molar-refractivity contribution in [2.45, 2.75) is 0 Å². The van der Waals surface area contributed by atoms with E-state index in [1.54, 1.807) is 46.3 Å². The van der Waals surface area contributed by atoms with Crippen molar-refractivity contribution in [3.05, 3.63) is 53.9 Å². The van der Waals surface area contributed by atoms with E-state index in [2.05, 4.69) is 4.98 Å². The first-order valence-electron chi connectivity index (χ1n) is 7.65. The summed E-state index contributed by atoms with van der Waals surface area (Å²) in [5, 5.41) is 9.94. The zero-order valence-electron chi connectivity index (χ0n) is 13.1. The van der Waals surface area contributed by atoms with Crippen molar-refractivity contribution < 1.29 is 14.7 Å². The van der Waals surface area contributed by atoms with Crippen LogP contribution in [0.3, 0.4) is 0 Å². The molecule has 3 rings (SSSR count). The second-order valence-corrected chi connectivity index (χ2v) is 5.54. The minimum Gasteiger partial charge on any atom is -0.505 e. The molecule has 124 valence electrons. The molecular weight excluding hydrogens is 308 g/mol. The Labute approximate surface area is 139 Å². The number of carbonyl (C=O) groups is 2. The number of phenols is 1. The summed E-state index contributed by atoms with van der Waals surface area (Å²) in [5.74, 6) is -0.631. The number of hydrogen-bond acceptors (Lipinski definition) is 5. The first-order chi connectivity index (χ1) is 11.6. The van der Waals surface area contributed by atoms with Crippen LogP contribution in [0.15, 0.2) is 42.6 Å². The standard InChI is InChI=1S/C17H18N4O3/c18-13-5-3-4-12(15(13)22)16(23)20-8-10-21(11-9-20)17(24)14-6-1-2-7-19-14/h1-7,22H,8-11,18H2. The molecule has 2 amide bonds. The number of pyridine rings is 1. The number of nitrogens with two attached hydrogens (primary N) is 1. The van der Waals surface area contributed by atoms with E-state index in [9.17, 15) is 14.7 Å². The van der Waals surface area contributed by atoms with Gasteiger partial charge in [-0.1, -0.05) is 12.1 Å². The molecule has 0 bridgehead atoms. The fourth-order valence-electron chi connectivity index (χ4n) is 2.67. The number of phenolic OH excluding ortho intramolecular Hbond substituents is 1. The van der Waals surface area contributed by atoms with Gasteiger partial charge in [0.1, 0.15) is 5.69 Å². The van der Waals surface area contributed by atoms with Gasteiger partial charge >= 0.3 is 0 Å². The molecule has 0 spiro atoms. The van der Waals surface area contributed by atoms with Gasteiger partial charge < -0.3 is 20.6 Å².